The lowest BCUT2D eigenvalue weighted by molar-refractivity contribution is 0.132. The molecular formula is C24H25Cl2FN6O. The van der Waals surface area contributed by atoms with Crippen LogP contribution in [0.2, 0.25) is 10.0 Å². The second-order valence-corrected chi connectivity index (χ2v) is 9.59. The average Bonchev–Trinajstić information content (AvgIpc) is 2.77. The highest BCUT2D eigenvalue weighted by Gasteiger charge is 2.42. The molecule has 1 saturated heterocycles. The first kappa shape index (κ1) is 24.2. The Morgan fingerprint density at radius 2 is 1.88 bits per heavy atom. The molecule has 4 rings (SSSR count). The number of hydrogen-bond donors (Lipinski definition) is 2. The number of pyridine rings is 2. The summed E-state index contributed by atoms with van der Waals surface area (Å²) in [5.74, 6) is 0.273. The van der Waals surface area contributed by atoms with Gasteiger partial charge in [-0.2, -0.15) is 0 Å². The Balaban J connectivity index is 1.51. The maximum Gasteiger partial charge on any atom is 0.166 e. The lowest BCUT2D eigenvalue weighted by Crippen LogP contribution is -2.67. The molecule has 3 N–H and O–H groups in total. The summed E-state index contributed by atoms with van der Waals surface area (Å²) in [5, 5.41) is 9.40. The van der Waals surface area contributed by atoms with Gasteiger partial charge in [0, 0.05) is 54.1 Å². The van der Waals surface area contributed by atoms with Gasteiger partial charge in [-0.3, -0.25) is 10.4 Å². The zero-order chi connectivity index (χ0) is 24.6. The minimum atomic E-state index is -0.476. The summed E-state index contributed by atoms with van der Waals surface area (Å²) in [6, 6.07) is 6.27. The smallest absolute Gasteiger partial charge is 0.166 e. The van der Waals surface area contributed by atoms with Crippen molar-refractivity contribution in [3.05, 3.63) is 75.4 Å². The van der Waals surface area contributed by atoms with E-state index in [9.17, 15) is 4.39 Å². The van der Waals surface area contributed by atoms with Gasteiger partial charge in [0.15, 0.2) is 11.6 Å². The third-order valence-corrected chi connectivity index (χ3v) is 6.83. The van der Waals surface area contributed by atoms with Crippen LogP contribution in [0, 0.1) is 11.2 Å². The third kappa shape index (κ3) is 4.66. The SMILES string of the molecule is CN(C)C1(C)CN(c2ncc(C(=N)c3cc(OCc4c(Cl)cncc4Cl)ccc3N)cc2F)C1. The van der Waals surface area contributed by atoms with E-state index in [2.05, 4.69) is 21.8 Å². The normalized spacial score (nSPS) is 14.7. The first-order chi connectivity index (χ1) is 16.1. The number of anilines is 2. The van der Waals surface area contributed by atoms with Gasteiger partial charge < -0.3 is 20.3 Å². The number of aromatic nitrogens is 2. The van der Waals surface area contributed by atoms with Crippen LogP contribution in [-0.4, -0.2) is 53.3 Å². The molecule has 0 unspecified atom stereocenters. The van der Waals surface area contributed by atoms with Crippen molar-refractivity contribution < 1.29 is 9.13 Å². The van der Waals surface area contributed by atoms with Crippen LogP contribution in [0.4, 0.5) is 15.9 Å². The molecule has 1 fully saturated rings. The van der Waals surface area contributed by atoms with E-state index >= 15 is 0 Å². The Labute approximate surface area is 207 Å². The van der Waals surface area contributed by atoms with Crippen LogP contribution >= 0.6 is 23.2 Å². The summed E-state index contributed by atoms with van der Waals surface area (Å²) in [6.07, 6.45) is 4.47. The van der Waals surface area contributed by atoms with Crippen LogP contribution in [0.15, 0.2) is 42.9 Å². The lowest BCUT2D eigenvalue weighted by Gasteiger charge is -2.52. The van der Waals surface area contributed by atoms with Crippen molar-refractivity contribution >= 4 is 40.4 Å². The largest absolute Gasteiger partial charge is 0.489 e. The third-order valence-electron chi connectivity index (χ3n) is 6.18. The molecule has 0 saturated carbocycles. The summed E-state index contributed by atoms with van der Waals surface area (Å²) in [4.78, 5) is 12.2. The van der Waals surface area contributed by atoms with Gasteiger partial charge in [-0.05, 0) is 45.3 Å². The van der Waals surface area contributed by atoms with Crippen LogP contribution in [0.5, 0.6) is 5.75 Å². The molecule has 3 aromatic rings. The second-order valence-electron chi connectivity index (χ2n) is 8.77. The number of benzene rings is 1. The van der Waals surface area contributed by atoms with Gasteiger partial charge in [0.05, 0.1) is 21.3 Å². The Hall–Kier alpha value is -2.94. The van der Waals surface area contributed by atoms with E-state index in [-0.39, 0.29) is 23.7 Å². The van der Waals surface area contributed by atoms with Crippen LogP contribution in [0.25, 0.3) is 0 Å². The molecule has 34 heavy (non-hydrogen) atoms. The summed E-state index contributed by atoms with van der Waals surface area (Å²) in [6.45, 7) is 3.60. The van der Waals surface area contributed by atoms with Gasteiger partial charge in [0.25, 0.3) is 0 Å². The van der Waals surface area contributed by atoms with Crippen molar-refractivity contribution in [2.45, 2.75) is 19.1 Å². The zero-order valence-corrected chi connectivity index (χ0v) is 20.6. The molecule has 1 aliphatic heterocycles. The van der Waals surface area contributed by atoms with Gasteiger partial charge in [-0.15, -0.1) is 0 Å². The molecule has 3 heterocycles. The Morgan fingerprint density at radius 3 is 2.50 bits per heavy atom. The van der Waals surface area contributed by atoms with E-state index < -0.39 is 5.82 Å². The summed E-state index contributed by atoms with van der Waals surface area (Å²) >= 11 is 12.3. The van der Waals surface area contributed by atoms with E-state index in [1.165, 1.54) is 24.7 Å². The molecule has 0 amide bonds. The monoisotopic (exact) mass is 502 g/mol. The molecule has 1 aromatic carbocycles. The number of halogens is 3. The molecule has 7 nitrogen and oxygen atoms in total. The van der Waals surface area contributed by atoms with E-state index in [4.69, 9.17) is 39.1 Å². The van der Waals surface area contributed by atoms with Crippen molar-refractivity contribution in [2.24, 2.45) is 0 Å². The highest BCUT2D eigenvalue weighted by molar-refractivity contribution is 6.35. The number of ether oxygens (including phenoxy) is 1. The highest BCUT2D eigenvalue weighted by Crippen LogP contribution is 2.32. The molecule has 0 aliphatic carbocycles. The molecule has 0 atom stereocenters. The standard InChI is InChI=1S/C24H25Cl2FN6O/c1-24(32(2)3)12-33(13-24)23-20(27)6-14(8-31-23)22(29)16-7-15(4-5-21(16)28)34-11-17-18(25)9-30-10-19(17)26/h4-10,29H,11-13,28H2,1-3H3. The van der Waals surface area contributed by atoms with Gasteiger partial charge in [-0.25, -0.2) is 9.37 Å². The zero-order valence-electron chi connectivity index (χ0n) is 19.1. The fraction of sp³-hybridized carbons (Fsp3) is 0.292. The fourth-order valence-corrected chi connectivity index (χ4v) is 4.21. The maximum absolute atomic E-state index is 14.9. The molecule has 0 radical (unpaired) electrons. The fourth-order valence-electron chi connectivity index (χ4n) is 3.74. The Morgan fingerprint density at radius 1 is 1.21 bits per heavy atom. The van der Waals surface area contributed by atoms with Gasteiger partial charge >= 0.3 is 0 Å². The number of nitrogens with zero attached hydrogens (tertiary/aromatic N) is 4. The number of rotatable bonds is 7. The number of hydrogen-bond acceptors (Lipinski definition) is 7. The minimum absolute atomic E-state index is 0.0148. The Bertz CT molecular complexity index is 1230. The predicted octanol–water partition coefficient (Wildman–Crippen LogP) is 4.64. The number of nitrogens with one attached hydrogen (secondary N) is 1. The van der Waals surface area contributed by atoms with Gasteiger partial charge in [-0.1, -0.05) is 23.2 Å². The number of nitrogen functional groups attached to an aromatic ring is 1. The molecular weight excluding hydrogens is 478 g/mol. The van der Waals surface area contributed by atoms with E-state index in [0.29, 0.717) is 51.3 Å². The molecule has 0 spiro atoms. The molecule has 178 valence electrons. The van der Waals surface area contributed by atoms with E-state index in [1.54, 1.807) is 18.2 Å². The Kier molecular flexibility index (Phi) is 6.66. The molecule has 0 bridgehead atoms. The highest BCUT2D eigenvalue weighted by atomic mass is 35.5. The van der Waals surface area contributed by atoms with Crippen LogP contribution < -0.4 is 15.4 Å². The van der Waals surface area contributed by atoms with Gasteiger partial charge in [0.1, 0.15) is 12.4 Å². The summed E-state index contributed by atoms with van der Waals surface area (Å²) in [7, 11) is 4.02. The summed E-state index contributed by atoms with van der Waals surface area (Å²) < 4.78 is 20.7. The lowest BCUT2D eigenvalue weighted by atomic mass is 9.91. The first-order valence-electron chi connectivity index (χ1n) is 10.6. The van der Waals surface area contributed by atoms with Crippen molar-refractivity contribution in [1.82, 2.24) is 14.9 Å². The quantitative estimate of drug-likeness (QED) is 0.361. The average molecular weight is 503 g/mol. The maximum atomic E-state index is 14.9. The number of likely N-dealkylation sites (N-methyl/N-ethyl adjacent to an activating group) is 1. The van der Waals surface area contributed by atoms with Crippen molar-refractivity contribution in [3.8, 4) is 5.75 Å². The van der Waals surface area contributed by atoms with E-state index in [0.717, 1.165) is 0 Å². The van der Waals surface area contributed by atoms with Crippen molar-refractivity contribution in [3.63, 3.8) is 0 Å². The molecule has 10 heteroatoms. The van der Waals surface area contributed by atoms with Crippen molar-refractivity contribution in [1.29, 1.82) is 5.41 Å². The minimum Gasteiger partial charge on any atom is -0.489 e. The summed E-state index contributed by atoms with van der Waals surface area (Å²) in [5.41, 5.74) is 7.84. The van der Waals surface area contributed by atoms with Crippen LogP contribution in [0.3, 0.4) is 0 Å². The molecule has 2 aromatic heterocycles. The van der Waals surface area contributed by atoms with Crippen molar-refractivity contribution in [2.75, 3.05) is 37.8 Å². The van der Waals surface area contributed by atoms with E-state index in [1.807, 2.05) is 19.0 Å². The van der Waals surface area contributed by atoms with Gasteiger partial charge in [0.2, 0.25) is 0 Å². The van der Waals surface area contributed by atoms with Crippen LogP contribution in [-0.2, 0) is 6.61 Å². The first-order valence-corrected chi connectivity index (χ1v) is 11.3. The second kappa shape index (κ2) is 9.37. The molecule has 1 aliphatic rings. The predicted molar refractivity (Wildman–Crippen MR) is 134 cm³/mol. The van der Waals surface area contributed by atoms with Crippen LogP contribution in [0.1, 0.15) is 23.6 Å². The number of nitrogens with two attached hydrogens (primary N) is 1. The topological polar surface area (TPSA) is 91.4 Å².